The maximum absolute atomic E-state index is 10.6. The van der Waals surface area contributed by atoms with E-state index in [0.29, 0.717) is 5.75 Å². The zero-order valence-corrected chi connectivity index (χ0v) is 15.2. The lowest BCUT2D eigenvalue weighted by molar-refractivity contribution is 0.137. The summed E-state index contributed by atoms with van der Waals surface area (Å²) in [5, 5.41) is 14.0. The predicted molar refractivity (Wildman–Crippen MR) is 97.7 cm³/mol. The van der Waals surface area contributed by atoms with Gasteiger partial charge in [0.2, 0.25) is 0 Å². The first-order chi connectivity index (χ1) is 10.5. The lowest BCUT2D eigenvalue weighted by Crippen LogP contribution is -2.40. The van der Waals surface area contributed by atoms with Crippen molar-refractivity contribution < 1.29 is 9.84 Å². The molecule has 2 aliphatic heterocycles. The van der Waals surface area contributed by atoms with Crippen molar-refractivity contribution in [1.82, 2.24) is 5.32 Å². The smallest absolute Gasteiger partial charge is 0.132 e. The second-order valence-electron chi connectivity index (χ2n) is 6.94. The molecule has 2 heterocycles. The SMILES string of the molecule is CCCCCc1cc(O)c2c(c1)OC(C)(C)C1=C2CNCC1.Cl. The molecule has 0 bridgehead atoms. The molecular weight excluding hydrogens is 310 g/mol. The number of unbranched alkanes of at least 4 members (excludes halogenated alkanes) is 2. The Morgan fingerprint density at radius 3 is 2.78 bits per heavy atom. The molecule has 0 aromatic heterocycles. The second-order valence-corrected chi connectivity index (χ2v) is 6.94. The van der Waals surface area contributed by atoms with Crippen LogP contribution in [0.4, 0.5) is 0 Å². The Kier molecular flexibility index (Phi) is 5.64. The lowest BCUT2D eigenvalue weighted by atomic mass is 9.81. The van der Waals surface area contributed by atoms with E-state index in [0.717, 1.165) is 43.7 Å². The molecule has 0 radical (unpaired) electrons. The number of hydrogen-bond donors (Lipinski definition) is 2. The Morgan fingerprint density at radius 2 is 2.04 bits per heavy atom. The Morgan fingerprint density at radius 1 is 1.26 bits per heavy atom. The maximum atomic E-state index is 10.6. The van der Waals surface area contributed by atoms with E-state index in [1.165, 1.54) is 29.6 Å². The van der Waals surface area contributed by atoms with E-state index < -0.39 is 0 Å². The van der Waals surface area contributed by atoms with Gasteiger partial charge in [0, 0.05) is 6.54 Å². The number of aromatic hydroxyl groups is 1. The summed E-state index contributed by atoms with van der Waals surface area (Å²) in [6.45, 7) is 8.28. The molecule has 1 aromatic rings. The van der Waals surface area contributed by atoms with Crippen LogP contribution in [0.3, 0.4) is 0 Å². The molecule has 0 spiro atoms. The van der Waals surface area contributed by atoms with Crippen LogP contribution in [-0.4, -0.2) is 23.8 Å². The monoisotopic (exact) mass is 337 g/mol. The molecule has 2 N–H and O–H groups in total. The molecule has 0 saturated carbocycles. The fourth-order valence-electron chi connectivity index (χ4n) is 3.69. The summed E-state index contributed by atoms with van der Waals surface area (Å²) in [5.41, 5.74) is 4.36. The van der Waals surface area contributed by atoms with Gasteiger partial charge in [-0.25, -0.2) is 0 Å². The van der Waals surface area contributed by atoms with Crippen LogP contribution in [0, 0.1) is 0 Å². The average molecular weight is 338 g/mol. The molecule has 4 heteroatoms. The Bertz CT molecular complexity index is 608. The molecule has 128 valence electrons. The number of nitrogens with one attached hydrogen (secondary N) is 1. The molecule has 3 rings (SSSR count). The average Bonchev–Trinajstić information content (AvgIpc) is 2.46. The van der Waals surface area contributed by atoms with Gasteiger partial charge in [0.05, 0.1) is 5.56 Å². The number of phenols is 1. The summed E-state index contributed by atoms with van der Waals surface area (Å²) in [6.07, 6.45) is 5.58. The lowest BCUT2D eigenvalue weighted by Gasteiger charge is -2.40. The maximum Gasteiger partial charge on any atom is 0.132 e. The highest BCUT2D eigenvalue weighted by Gasteiger charge is 2.37. The van der Waals surface area contributed by atoms with E-state index >= 15 is 0 Å². The van der Waals surface area contributed by atoms with E-state index in [2.05, 4.69) is 32.2 Å². The van der Waals surface area contributed by atoms with Crippen molar-refractivity contribution in [3.63, 3.8) is 0 Å². The fourth-order valence-corrected chi connectivity index (χ4v) is 3.69. The summed E-state index contributed by atoms with van der Waals surface area (Å²) in [4.78, 5) is 0. The van der Waals surface area contributed by atoms with Crippen molar-refractivity contribution in [2.45, 2.75) is 58.5 Å². The van der Waals surface area contributed by atoms with Crippen molar-refractivity contribution in [3.8, 4) is 11.5 Å². The van der Waals surface area contributed by atoms with Crippen molar-refractivity contribution in [3.05, 3.63) is 28.8 Å². The molecule has 23 heavy (non-hydrogen) atoms. The first kappa shape index (κ1) is 18.2. The number of halogens is 1. The van der Waals surface area contributed by atoms with Gasteiger partial charge >= 0.3 is 0 Å². The van der Waals surface area contributed by atoms with E-state index in [1.807, 2.05) is 6.07 Å². The van der Waals surface area contributed by atoms with Crippen LogP contribution in [0.25, 0.3) is 5.57 Å². The highest BCUT2D eigenvalue weighted by molar-refractivity contribution is 5.85. The summed E-state index contributed by atoms with van der Waals surface area (Å²) in [7, 11) is 0. The molecule has 0 amide bonds. The Hall–Kier alpha value is -1.19. The van der Waals surface area contributed by atoms with Gasteiger partial charge in [0.25, 0.3) is 0 Å². The third-order valence-corrected chi connectivity index (χ3v) is 4.82. The summed E-state index contributed by atoms with van der Waals surface area (Å²) < 4.78 is 6.27. The van der Waals surface area contributed by atoms with E-state index in [9.17, 15) is 5.11 Å². The Labute approximate surface area is 145 Å². The van der Waals surface area contributed by atoms with Crippen LogP contribution in [0.2, 0.25) is 0 Å². The second kappa shape index (κ2) is 7.14. The molecule has 3 nitrogen and oxygen atoms in total. The molecule has 0 fully saturated rings. The number of ether oxygens (including phenoxy) is 1. The van der Waals surface area contributed by atoms with Gasteiger partial charge in [-0.3, -0.25) is 0 Å². The van der Waals surface area contributed by atoms with Gasteiger partial charge < -0.3 is 15.2 Å². The third-order valence-electron chi connectivity index (χ3n) is 4.82. The summed E-state index contributed by atoms with van der Waals surface area (Å²) in [6, 6.07) is 4.06. The number of rotatable bonds is 4. The number of phenolic OH excluding ortho intramolecular Hbond substituents is 1. The molecular formula is C19H28ClNO2. The largest absolute Gasteiger partial charge is 0.507 e. The van der Waals surface area contributed by atoms with Gasteiger partial charge in [-0.2, -0.15) is 0 Å². The van der Waals surface area contributed by atoms with Crippen molar-refractivity contribution in [1.29, 1.82) is 0 Å². The Balaban J connectivity index is 0.00000192. The first-order valence-electron chi connectivity index (χ1n) is 8.51. The highest BCUT2D eigenvalue weighted by Crippen LogP contribution is 2.47. The number of fused-ring (bicyclic) bond motifs is 2. The highest BCUT2D eigenvalue weighted by atomic mass is 35.5. The summed E-state index contributed by atoms with van der Waals surface area (Å²) >= 11 is 0. The quantitative estimate of drug-likeness (QED) is 0.797. The van der Waals surface area contributed by atoms with Crippen LogP contribution in [0.15, 0.2) is 17.7 Å². The van der Waals surface area contributed by atoms with Crippen LogP contribution in [0.5, 0.6) is 11.5 Å². The standard InChI is InChI=1S/C19H27NO2.ClH/c1-4-5-6-7-13-10-16(21)18-14-12-20-9-8-15(14)19(2,3)22-17(18)11-13;/h10-11,20-21H,4-9,12H2,1-3H3;1H. The third kappa shape index (κ3) is 3.51. The molecule has 0 aliphatic carbocycles. The number of benzene rings is 1. The van der Waals surface area contributed by atoms with E-state index in [4.69, 9.17) is 4.74 Å². The van der Waals surface area contributed by atoms with Crippen molar-refractivity contribution >= 4 is 18.0 Å². The van der Waals surface area contributed by atoms with Crippen molar-refractivity contribution in [2.24, 2.45) is 0 Å². The predicted octanol–water partition coefficient (Wildman–Crippen LogP) is 4.46. The summed E-state index contributed by atoms with van der Waals surface area (Å²) in [5.74, 6) is 1.22. The van der Waals surface area contributed by atoms with E-state index in [1.54, 1.807) is 0 Å². The number of aryl methyl sites for hydroxylation is 1. The van der Waals surface area contributed by atoms with E-state index in [-0.39, 0.29) is 18.0 Å². The molecule has 0 unspecified atom stereocenters. The minimum Gasteiger partial charge on any atom is -0.507 e. The first-order valence-corrected chi connectivity index (χ1v) is 8.51. The van der Waals surface area contributed by atoms with Gasteiger partial charge in [0.1, 0.15) is 17.1 Å². The molecule has 1 aromatic carbocycles. The molecule has 0 atom stereocenters. The van der Waals surface area contributed by atoms with Gasteiger partial charge in [-0.1, -0.05) is 19.8 Å². The molecule has 0 saturated heterocycles. The fraction of sp³-hybridized carbons (Fsp3) is 0.579. The van der Waals surface area contributed by atoms with Crippen LogP contribution >= 0.6 is 12.4 Å². The van der Waals surface area contributed by atoms with Gasteiger partial charge in [-0.05, 0) is 68.5 Å². The van der Waals surface area contributed by atoms with Crippen LogP contribution in [0.1, 0.15) is 57.6 Å². The topological polar surface area (TPSA) is 41.5 Å². The van der Waals surface area contributed by atoms with Crippen LogP contribution < -0.4 is 10.1 Å². The zero-order valence-electron chi connectivity index (χ0n) is 14.4. The number of hydrogen-bond acceptors (Lipinski definition) is 3. The minimum absolute atomic E-state index is 0. The normalized spacial score (nSPS) is 18.6. The van der Waals surface area contributed by atoms with Gasteiger partial charge in [0.15, 0.2) is 0 Å². The zero-order chi connectivity index (χ0) is 15.7. The van der Waals surface area contributed by atoms with Gasteiger partial charge in [-0.15, -0.1) is 12.4 Å². The van der Waals surface area contributed by atoms with Crippen molar-refractivity contribution in [2.75, 3.05) is 13.1 Å². The minimum atomic E-state index is -0.279. The van der Waals surface area contributed by atoms with Crippen LogP contribution in [-0.2, 0) is 6.42 Å². The molecule has 2 aliphatic rings.